The third kappa shape index (κ3) is 3.19. The summed E-state index contributed by atoms with van der Waals surface area (Å²) in [5.74, 6) is 0. The van der Waals surface area contributed by atoms with Gasteiger partial charge >= 0.3 is 12.2 Å². The van der Waals surface area contributed by atoms with Crippen LogP contribution in [0.4, 0.5) is 17.6 Å². The fraction of sp³-hybridized carbons (Fsp3) is 0.100. The largest absolute Gasteiger partial charge is 0.416 e. The minimum atomic E-state index is -4.51. The monoisotopic (exact) mass is 218 g/mol. The zero-order valence-electron chi connectivity index (χ0n) is 7.38. The molecule has 0 saturated heterocycles. The predicted octanol–water partition coefficient (Wildman–Crippen LogP) is 3.21. The van der Waals surface area contributed by atoms with Crippen molar-refractivity contribution >= 4 is 12.1 Å². The maximum Gasteiger partial charge on any atom is 0.416 e. The second-order valence-electron chi connectivity index (χ2n) is 2.72. The standard InChI is InChI=1S/C10H6F4O/c11-9(15)6-5-7-3-1-2-4-8(7)10(12,13)14/h1-6H. The van der Waals surface area contributed by atoms with Crippen molar-refractivity contribution in [2.45, 2.75) is 6.18 Å². The van der Waals surface area contributed by atoms with E-state index in [1.807, 2.05) is 0 Å². The molecule has 0 aliphatic carbocycles. The second kappa shape index (κ2) is 4.25. The lowest BCUT2D eigenvalue weighted by Crippen LogP contribution is -2.06. The van der Waals surface area contributed by atoms with Gasteiger partial charge in [-0.2, -0.15) is 17.6 Å². The summed E-state index contributed by atoms with van der Waals surface area (Å²) in [6.45, 7) is 0. The summed E-state index contributed by atoms with van der Waals surface area (Å²) in [6.07, 6.45) is -3.27. The van der Waals surface area contributed by atoms with Gasteiger partial charge in [0, 0.05) is 6.08 Å². The van der Waals surface area contributed by atoms with Crippen LogP contribution in [0.1, 0.15) is 11.1 Å². The molecule has 1 aromatic rings. The van der Waals surface area contributed by atoms with Crippen LogP contribution in [0.2, 0.25) is 0 Å². The maximum atomic E-state index is 12.4. The minimum absolute atomic E-state index is 0.240. The number of hydrogen-bond acceptors (Lipinski definition) is 1. The van der Waals surface area contributed by atoms with Gasteiger partial charge < -0.3 is 0 Å². The minimum Gasteiger partial charge on any atom is -0.256 e. The molecule has 1 aromatic carbocycles. The molecule has 0 aliphatic heterocycles. The molecule has 0 bridgehead atoms. The van der Waals surface area contributed by atoms with Crippen LogP contribution >= 0.6 is 0 Å². The van der Waals surface area contributed by atoms with Crippen molar-refractivity contribution in [1.82, 2.24) is 0 Å². The molecule has 0 aromatic heterocycles. The molecule has 0 radical (unpaired) electrons. The number of alkyl halides is 3. The Labute approximate surface area is 83.0 Å². The molecule has 15 heavy (non-hydrogen) atoms. The average Bonchev–Trinajstić information content (AvgIpc) is 2.13. The van der Waals surface area contributed by atoms with Gasteiger partial charge in [-0.1, -0.05) is 18.2 Å². The van der Waals surface area contributed by atoms with Crippen molar-refractivity contribution in [3.05, 3.63) is 41.5 Å². The van der Waals surface area contributed by atoms with E-state index < -0.39 is 17.8 Å². The van der Waals surface area contributed by atoms with E-state index in [2.05, 4.69) is 0 Å². The summed E-state index contributed by atoms with van der Waals surface area (Å²) < 4.78 is 48.9. The lowest BCUT2D eigenvalue weighted by atomic mass is 10.1. The zero-order chi connectivity index (χ0) is 11.5. The molecular weight excluding hydrogens is 212 g/mol. The van der Waals surface area contributed by atoms with E-state index in [9.17, 15) is 22.4 Å². The molecule has 0 saturated carbocycles. The first-order valence-electron chi connectivity index (χ1n) is 3.95. The van der Waals surface area contributed by atoms with Crippen molar-refractivity contribution in [3.63, 3.8) is 0 Å². The average molecular weight is 218 g/mol. The van der Waals surface area contributed by atoms with E-state index >= 15 is 0 Å². The van der Waals surface area contributed by atoms with E-state index in [4.69, 9.17) is 0 Å². The number of halogens is 4. The highest BCUT2D eigenvalue weighted by Gasteiger charge is 2.32. The van der Waals surface area contributed by atoms with E-state index in [0.29, 0.717) is 6.08 Å². The Kier molecular flexibility index (Phi) is 3.24. The molecule has 0 spiro atoms. The molecule has 0 amide bonds. The van der Waals surface area contributed by atoms with Gasteiger partial charge in [-0.15, -0.1) is 0 Å². The molecule has 80 valence electrons. The van der Waals surface area contributed by atoms with Crippen molar-refractivity contribution in [3.8, 4) is 0 Å². The number of hydrogen-bond donors (Lipinski definition) is 0. The lowest BCUT2D eigenvalue weighted by Gasteiger charge is -2.09. The first-order chi connectivity index (χ1) is 6.91. The van der Waals surface area contributed by atoms with Crippen LogP contribution < -0.4 is 0 Å². The van der Waals surface area contributed by atoms with Crippen molar-refractivity contribution < 1.29 is 22.4 Å². The van der Waals surface area contributed by atoms with Crippen molar-refractivity contribution in [2.24, 2.45) is 0 Å². The van der Waals surface area contributed by atoms with Crippen LogP contribution in [0.3, 0.4) is 0 Å². The maximum absolute atomic E-state index is 12.4. The van der Waals surface area contributed by atoms with Crippen LogP contribution in [0.25, 0.3) is 6.08 Å². The fourth-order valence-electron chi connectivity index (χ4n) is 1.06. The molecule has 0 aliphatic rings. The summed E-state index contributed by atoms with van der Waals surface area (Å²) >= 11 is 0. The van der Waals surface area contributed by atoms with Crippen LogP contribution in [0.15, 0.2) is 30.3 Å². The van der Waals surface area contributed by atoms with Crippen LogP contribution in [0, 0.1) is 0 Å². The van der Waals surface area contributed by atoms with E-state index in [1.54, 1.807) is 0 Å². The molecule has 1 rings (SSSR count). The molecule has 0 heterocycles. The molecule has 0 atom stereocenters. The summed E-state index contributed by atoms with van der Waals surface area (Å²) in [7, 11) is 0. The van der Waals surface area contributed by atoms with Gasteiger partial charge in [0.2, 0.25) is 0 Å². The van der Waals surface area contributed by atoms with Gasteiger partial charge in [0.1, 0.15) is 0 Å². The molecule has 0 N–H and O–H groups in total. The van der Waals surface area contributed by atoms with Gasteiger partial charge in [0.05, 0.1) is 5.56 Å². The Hall–Kier alpha value is -1.65. The predicted molar refractivity (Wildman–Crippen MR) is 46.6 cm³/mol. The number of carbonyl (C=O) groups excluding carboxylic acids is 1. The topological polar surface area (TPSA) is 17.1 Å². The van der Waals surface area contributed by atoms with Gasteiger partial charge in [-0.25, -0.2) is 0 Å². The molecule has 5 heteroatoms. The highest BCUT2D eigenvalue weighted by atomic mass is 19.4. The van der Waals surface area contributed by atoms with Gasteiger partial charge in [0.15, 0.2) is 0 Å². The number of benzene rings is 1. The van der Waals surface area contributed by atoms with E-state index in [0.717, 1.165) is 18.2 Å². The molecule has 0 unspecified atom stereocenters. The lowest BCUT2D eigenvalue weighted by molar-refractivity contribution is -0.137. The Morgan fingerprint density at radius 2 is 1.80 bits per heavy atom. The third-order valence-corrected chi connectivity index (χ3v) is 1.66. The third-order valence-electron chi connectivity index (χ3n) is 1.66. The Morgan fingerprint density at radius 1 is 1.20 bits per heavy atom. The fourth-order valence-corrected chi connectivity index (χ4v) is 1.06. The zero-order valence-corrected chi connectivity index (χ0v) is 7.38. The quantitative estimate of drug-likeness (QED) is 0.423. The van der Waals surface area contributed by atoms with Gasteiger partial charge in [-0.3, -0.25) is 4.79 Å². The van der Waals surface area contributed by atoms with E-state index in [-0.39, 0.29) is 5.56 Å². The molecule has 0 fully saturated rings. The highest BCUT2D eigenvalue weighted by Crippen LogP contribution is 2.32. The van der Waals surface area contributed by atoms with Crippen LogP contribution in [-0.4, -0.2) is 6.04 Å². The van der Waals surface area contributed by atoms with Crippen molar-refractivity contribution in [1.29, 1.82) is 0 Å². The van der Waals surface area contributed by atoms with Crippen molar-refractivity contribution in [2.75, 3.05) is 0 Å². The summed E-state index contributed by atoms with van der Waals surface area (Å²) in [4.78, 5) is 9.94. The van der Waals surface area contributed by atoms with Gasteiger partial charge in [-0.05, 0) is 17.7 Å². The SMILES string of the molecule is O=C(F)C=Cc1ccccc1C(F)(F)F. The highest BCUT2D eigenvalue weighted by molar-refractivity contribution is 5.86. The van der Waals surface area contributed by atoms with Crippen LogP contribution in [-0.2, 0) is 11.0 Å². The normalized spacial score (nSPS) is 12.0. The smallest absolute Gasteiger partial charge is 0.256 e. The van der Waals surface area contributed by atoms with E-state index in [1.165, 1.54) is 12.1 Å². The Morgan fingerprint density at radius 3 is 2.33 bits per heavy atom. The summed E-state index contributed by atoms with van der Waals surface area (Å²) in [6, 6.07) is 2.83. The first-order valence-corrected chi connectivity index (χ1v) is 3.95. The number of rotatable bonds is 2. The number of carbonyl (C=O) groups is 1. The van der Waals surface area contributed by atoms with Crippen LogP contribution in [0.5, 0.6) is 0 Å². The molecular formula is C10H6F4O. The summed E-state index contributed by atoms with van der Waals surface area (Å²) in [5, 5.41) is 0. The molecule has 1 nitrogen and oxygen atoms in total. The second-order valence-corrected chi connectivity index (χ2v) is 2.72. The number of allylic oxidation sites excluding steroid dienone is 1. The Balaban J connectivity index is 3.13. The summed E-state index contributed by atoms with van der Waals surface area (Å²) in [5.41, 5.74) is -1.14. The van der Waals surface area contributed by atoms with Gasteiger partial charge in [0.25, 0.3) is 0 Å². The Bertz CT molecular complexity index is 393. The first kappa shape index (κ1) is 11.4.